The summed E-state index contributed by atoms with van der Waals surface area (Å²) < 4.78 is 32.0. The third-order valence-corrected chi connectivity index (χ3v) is 4.81. The van der Waals surface area contributed by atoms with Crippen LogP contribution in [0.25, 0.3) is 0 Å². The molecule has 0 saturated carbocycles. The summed E-state index contributed by atoms with van der Waals surface area (Å²) >= 11 is 0. The maximum absolute atomic E-state index is 12.3. The normalized spacial score (nSPS) is 29.5. The first kappa shape index (κ1) is 36.0. The number of carbonyl (C=O) groups excluding carboxylic acids is 7. The lowest BCUT2D eigenvalue weighted by Gasteiger charge is -2.22. The summed E-state index contributed by atoms with van der Waals surface area (Å²) in [7, 11) is 0. The van der Waals surface area contributed by atoms with E-state index in [2.05, 4.69) is 33.2 Å². The summed E-state index contributed by atoms with van der Waals surface area (Å²) in [6.45, 7) is -9.30. The lowest BCUT2D eigenvalue weighted by Crippen LogP contribution is -2.45. The number of ether oxygens (including phenoxy) is 7. The zero-order valence-corrected chi connectivity index (χ0v) is 21.3. The Morgan fingerprint density at radius 2 is 0.381 bits per heavy atom. The van der Waals surface area contributed by atoms with Crippen LogP contribution in [0.15, 0.2) is 0 Å². The lowest BCUT2D eigenvalue weighted by molar-refractivity contribution is -0.194. The van der Waals surface area contributed by atoms with E-state index in [0.717, 1.165) is 0 Å². The molecule has 238 valence electrons. The summed E-state index contributed by atoms with van der Waals surface area (Å²) in [5.74, 6) is -12.0. The van der Waals surface area contributed by atoms with Crippen LogP contribution in [-0.2, 0) is 66.7 Å². The van der Waals surface area contributed by atoms with Crippen LogP contribution in [0, 0.1) is 0 Å². The minimum atomic E-state index is -2.27. The molecule has 7 unspecified atom stereocenters. The van der Waals surface area contributed by atoms with Crippen molar-refractivity contribution in [3.8, 4) is 0 Å². The van der Waals surface area contributed by atoms with Gasteiger partial charge < -0.3 is 68.9 Å². The molecule has 1 fully saturated rings. The number of aliphatic hydroxyl groups is 7. The minimum Gasteiger partial charge on any atom is -0.445 e. The fraction of sp³-hybridized carbons (Fsp3) is 0.667. The van der Waals surface area contributed by atoms with Crippen LogP contribution in [0.5, 0.6) is 0 Å². The lowest BCUT2D eigenvalue weighted by atomic mass is 10.3. The van der Waals surface area contributed by atoms with E-state index in [4.69, 9.17) is 0 Å². The van der Waals surface area contributed by atoms with E-state index in [0.29, 0.717) is 0 Å². The molecule has 0 aromatic carbocycles. The van der Waals surface area contributed by atoms with Gasteiger partial charge in [0.25, 0.3) is 0 Å². The highest BCUT2D eigenvalue weighted by Crippen LogP contribution is 2.11. The van der Waals surface area contributed by atoms with Crippen LogP contribution >= 0.6 is 0 Å². The molecule has 0 amide bonds. The number of carbonyl (C=O) groups is 7. The second-order valence-electron chi connectivity index (χ2n) is 7.76. The zero-order chi connectivity index (χ0) is 32.0. The molecule has 7 atom stereocenters. The first-order valence-electron chi connectivity index (χ1n) is 11.6. The molecule has 0 spiro atoms. The predicted molar refractivity (Wildman–Crippen MR) is 119 cm³/mol. The Labute approximate surface area is 234 Å². The molecule has 0 radical (unpaired) electrons. The maximum Gasteiger partial charge on any atom is 0.350 e. The molecule has 0 aromatic heterocycles. The van der Waals surface area contributed by atoms with E-state index in [1.54, 1.807) is 0 Å². The van der Waals surface area contributed by atoms with Gasteiger partial charge in [0.1, 0.15) is 0 Å². The van der Waals surface area contributed by atoms with Gasteiger partial charge in [-0.05, 0) is 0 Å². The van der Waals surface area contributed by atoms with Crippen LogP contribution < -0.4 is 0 Å². The second-order valence-corrected chi connectivity index (χ2v) is 7.76. The van der Waals surface area contributed by atoms with Gasteiger partial charge in [0.15, 0.2) is 0 Å². The fourth-order valence-corrected chi connectivity index (χ4v) is 2.63. The first-order valence-corrected chi connectivity index (χ1v) is 11.6. The van der Waals surface area contributed by atoms with Gasteiger partial charge in [0.2, 0.25) is 42.7 Å². The van der Waals surface area contributed by atoms with E-state index in [1.807, 2.05) is 0 Å². The molecule has 0 aromatic rings. The summed E-state index contributed by atoms with van der Waals surface area (Å²) in [5, 5.41) is 65.8. The Bertz CT molecular complexity index is 763. The van der Waals surface area contributed by atoms with Crippen LogP contribution in [-0.4, -0.2) is 167 Å². The standard InChI is InChI=1S/C21H28O21/c22-1-8-15(29)37-10(3-24)17(31)39-12(5-26)19(33)41-14(7-28)21(35)42-13(6-27)20(34)40-11(4-25)18(32)38-9(2-23)16(30)36-8/h8-14,22-28H,1-7H2. The van der Waals surface area contributed by atoms with Gasteiger partial charge in [-0.2, -0.15) is 0 Å². The van der Waals surface area contributed by atoms with Crippen molar-refractivity contribution in [3.63, 3.8) is 0 Å². The number of hydrogen-bond donors (Lipinski definition) is 7. The number of esters is 7. The molecule has 21 heteroatoms. The van der Waals surface area contributed by atoms with E-state index in [1.165, 1.54) is 0 Å². The zero-order valence-electron chi connectivity index (χ0n) is 21.3. The van der Waals surface area contributed by atoms with E-state index in [9.17, 15) is 69.3 Å². The quantitative estimate of drug-likeness (QED) is 0.103. The summed E-state index contributed by atoms with van der Waals surface area (Å²) in [4.78, 5) is 86.3. The van der Waals surface area contributed by atoms with Crippen LogP contribution in [0.1, 0.15) is 0 Å². The van der Waals surface area contributed by atoms with Crippen LogP contribution in [0.3, 0.4) is 0 Å². The number of cyclic esters (lactones) is 7. The van der Waals surface area contributed by atoms with Gasteiger partial charge >= 0.3 is 41.8 Å². The third-order valence-electron chi connectivity index (χ3n) is 4.81. The third kappa shape index (κ3) is 10.1. The van der Waals surface area contributed by atoms with Crippen molar-refractivity contribution >= 4 is 41.8 Å². The Kier molecular flexibility index (Phi) is 15.2. The highest BCUT2D eigenvalue weighted by atomic mass is 16.7. The van der Waals surface area contributed by atoms with E-state index < -0.39 is 131 Å². The Morgan fingerprint density at radius 1 is 0.286 bits per heavy atom. The number of hydrogen-bond acceptors (Lipinski definition) is 21. The topological polar surface area (TPSA) is 326 Å². The number of aliphatic hydroxyl groups excluding tert-OH is 7. The molecule has 7 N–H and O–H groups in total. The maximum atomic E-state index is 12.3. The van der Waals surface area contributed by atoms with Crippen molar-refractivity contribution in [1.82, 2.24) is 0 Å². The number of rotatable bonds is 7. The minimum absolute atomic E-state index is 1.33. The Balaban J connectivity index is 3.43. The van der Waals surface area contributed by atoms with Crippen molar-refractivity contribution in [2.75, 3.05) is 46.2 Å². The Morgan fingerprint density at radius 3 is 0.452 bits per heavy atom. The average molecular weight is 616 g/mol. The van der Waals surface area contributed by atoms with Gasteiger partial charge in [-0.25, -0.2) is 33.6 Å². The molecule has 1 aliphatic heterocycles. The molecule has 1 rings (SSSR count). The SMILES string of the molecule is O=C1OC(CO)C(=O)OC(CO)C(=O)OC(CO)C(=O)OC(CO)C(=O)OC(CO)C(=O)OC(CO)C(=O)OC1CO. The fourth-order valence-electron chi connectivity index (χ4n) is 2.63. The summed E-state index contributed by atoms with van der Waals surface area (Å²) in [6, 6.07) is 0. The molecule has 0 aliphatic carbocycles. The van der Waals surface area contributed by atoms with Crippen molar-refractivity contribution in [2.24, 2.45) is 0 Å². The second kappa shape index (κ2) is 17.7. The molecular formula is C21H28O21. The largest absolute Gasteiger partial charge is 0.445 e. The monoisotopic (exact) mass is 616 g/mol. The highest BCUT2D eigenvalue weighted by Gasteiger charge is 2.39. The highest BCUT2D eigenvalue weighted by molar-refractivity contribution is 5.89. The van der Waals surface area contributed by atoms with Gasteiger partial charge in [-0.1, -0.05) is 0 Å². The van der Waals surface area contributed by atoms with Gasteiger partial charge in [-0.3, -0.25) is 0 Å². The summed E-state index contributed by atoms with van der Waals surface area (Å²) in [6.07, 6.45) is -15.9. The molecule has 42 heavy (non-hydrogen) atoms. The van der Waals surface area contributed by atoms with Gasteiger partial charge in [0.05, 0.1) is 46.2 Å². The van der Waals surface area contributed by atoms with E-state index in [-0.39, 0.29) is 0 Å². The van der Waals surface area contributed by atoms with Gasteiger partial charge in [0, 0.05) is 0 Å². The van der Waals surface area contributed by atoms with Crippen LogP contribution in [0.4, 0.5) is 0 Å². The average Bonchev–Trinajstić information content (AvgIpc) is 2.98. The molecule has 1 saturated heterocycles. The van der Waals surface area contributed by atoms with Crippen LogP contribution in [0.2, 0.25) is 0 Å². The summed E-state index contributed by atoms with van der Waals surface area (Å²) in [5.41, 5.74) is 0. The molecule has 21 nitrogen and oxygen atoms in total. The predicted octanol–water partition coefficient (Wildman–Crippen LogP) is -7.67. The van der Waals surface area contributed by atoms with E-state index >= 15 is 0 Å². The molecule has 1 aliphatic rings. The van der Waals surface area contributed by atoms with Crippen molar-refractivity contribution in [3.05, 3.63) is 0 Å². The molecule has 1 heterocycles. The van der Waals surface area contributed by atoms with Crippen molar-refractivity contribution in [2.45, 2.75) is 42.7 Å². The Hall–Kier alpha value is -3.99. The van der Waals surface area contributed by atoms with Crippen molar-refractivity contribution in [1.29, 1.82) is 0 Å². The smallest absolute Gasteiger partial charge is 0.350 e. The molecular weight excluding hydrogens is 588 g/mol. The first-order chi connectivity index (χ1) is 19.9. The molecule has 0 bridgehead atoms. The van der Waals surface area contributed by atoms with Gasteiger partial charge in [-0.15, -0.1) is 0 Å². The van der Waals surface area contributed by atoms with Crippen molar-refractivity contribution < 1.29 is 102 Å².